The molecule has 0 saturated heterocycles. The van der Waals surface area contributed by atoms with E-state index in [0.29, 0.717) is 11.0 Å². The SMILES string of the molecule is Cc1cc(NC(=O)OC(C)(C)C)nc(Cl)c1C. The number of aryl methyl sites for hydroxylation is 1. The molecular formula is C12H17ClN2O2. The van der Waals surface area contributed by atoms with Gasteiger partial charge in [-0.2, -0.15) is 0 Å². The number of aromatic nitrogens is 1. The average molecular weight is 257 g/mol. The number of carbonyl (C=O) groups excluding carboxylic acids is 1. The molecule has 0 atom stereocenters. The maximum atomic E-state index is 11.5. The van der Waals surface area contributed by atoms with Crippen molar-refractivity contribution in [2.45, 2.75) is 40.2 Å². The Morgan fingerprint density at radius 1 is 1.41 bits per heavy atom. The highest BCUT2D eigenvalue weighted by molar-refractivity contribution is 6.30. The van der Waals surface area contributed by atoms with Gasteiger partial charge >= 0.3 is 6.09 Å². The number of halogens is 1. The highest BCUT2D eigenvalue weighted by atomic mass is 35.5. The fourth-order valence-electron chi connectivity index (χ4n) is 1.17. The molecule has 4 nitrogen and oxygen atoms in total. The maximum Gasteiger partial charge on any atom is 0.413 e. The summed E-state index contributed by atoms with van der Waals surface area (Å²) in [5, 5.41) is 2.94. The monoisotopic (exact) mass is 256 g/mol. The zero-order valence-corrected chi connectivity index (χ0v) is 11.5. The topological polar surface area (TPSA) is 51.2 Å². The third-order valence-electron chi connectivity index (χ3n) is 2.10. The molecule has 0 radical (unpaired) electrons. The molecule has 0 aliphatic rings. The van der Waals surface area contributed by atoms with Crippen LogP contribution < -0.4 is 5.32 Å². The van der Waals surface area contributed by atoms with E-state index < -0.39 is 11.7 Å². The number of hydrogen-bond acceptors (Lipinski definition) is 3. The molecule has 1 N–H and O–H groups in total. The molecule has 0 spiro atoms. The summed E-state index contributed by atoms with van der Waals surface area (Å²) < 4.78 is 5.12. The van der Waals surface area contributed by atoms with Gasteiger partial charge in [0, 0.05) is 0 Å². The summed E-state index contributed by atoms with van der Waals surface area (Å²) >= 11 is 5.93. The van der Waals surface area contributed by atoms with Gasteiger partial charge in [-0.15, -0.1) is 0 Å². The van der Waals surface area contributed by atoms with Crippen LogP contribution in [0.25, 0.3) is 0 Å². The van der Waals surface area contributed by atoms with Crippen LogP contribution in [-0.4, -0.2) is 16.7 Å². The molecule has 1 aromatic rings. The molecule has 0 aliphatic carbocycles. The molecule has 0 unspecified atom stereocenters. The van der Waals surface area contributed by atoms with Gasteiger partial charge < -0.3 is 4.74 Å². The summed E-state index contributed by atoms with van der Waals surface area (Å²) in [6.07, 6.45) is -0.538. The Labute approximate surface area is 106 Å². The van der Waals surface area contributed by atoms with Gasteiger partial charge in [0.05, 0.1) is 0 Å². The quantitative estimate of drug-likeness (QED) is 0.780. The summed E-state index contributed by atoms with van der Waals surface area (Å²) in [5.41, 5.74) is 1.34. The molecule has 0 fully saturated rings. The lowest BCUT2D eigenvalue weighted by Crippen LogP contribution is -2.27. The Hall–Kier alpha value is -1.29. The number of nitrogens with zero attached hydrogens (tertiary/aromatic N) is 1. The highest BCUT2D eigenvalue weighted by Gasteiger charge is 2.17. The van der Waals surface area contributed by atoms with Crippen molar-refractivity contribution < 1.29 is 9.53 Å². The van der Waals surface area contributed by atoms with E-state index in [-0.39, 0.29) is 0 Å². The average Bonchev–Trinajstić information content (AvgIpc) is 2.10. The van der Waals surface area contributed by atoms with Crippen LogP contribution in [0.4, 0.5) is 10.6 Å². The van der Waals surface area contributed by atoms with Crippen molar-refractivity contribution in [1.29, 1.82) is 0 Å². The number of pyridine rings is 1. The van der Waals surface area contributed by atoms with Crippen molar-refractivity contribution in [1.82, 2.24) is 4.98 Å². The van der Waals surface area contributed by atoms with Crippen molar-refractivity contribution in [2.75, 3.05) is 5.32 Å². The molecule has 0 aromatic carbocycles. The Kier molecular flexibility index (Phi) is 3.98. The van der Waals surface area contributed by atoms with E-state index in [1.165, 1.54) is 0 Å². The van der Waals surface area contributed by atoms with E-state index in [1.54, 1.807) is 26.8 Å². The molecule has 0 saturated carbocycles. The first-order valence-electron chi connectivity index (χ1n) is 5.33. The molecule has 0 aliphatic heterocycles. The molecule has 1 aromatic heterocycles. The number of rotatable bonds is 1. The Morgan fingerprint density at radius 3 is 2.47 bits per heavy atom. The summed E-state index contributed by atoms with van der Waals surface area (Å²) in [7, 11) is 0. The van der Waals surface area contributed by atoms with Gasteiger partial charge in [0.15, 0.2) is 0 Å². The summed E-state index contributed by atoms with van der Waals surface area (Å²) in [4.78, 5) is 15.6. The largest absolute Gasteiger partial charge is 0.444 e. The molecule has 1 heterocycles. The van der Waals surface area contributed by atoms with Crippen LogP contribution in [0.5, 0.6) is 0 Å². The van der Waals surface area contributed by atoms with Crippen LogP contribution in [0.3, 0.4) is 0 Å². The Bertz CT molecular complexity index is 416. The second-order valence-corrected chi connectivity index (χ2v) is 5.23. The fraction of sp³-hybridized carbons (Fsp3) is 0.500. The third kappa shape index (κ3) is 4.23. The lowest BCUT2D eigenvalue weighted by molar-refractivity contribution is 0.0635. The minimum absolute atomic E-state index is 0.385. The molecule has 5 heteroatoms. The summed E-state index contributed by atoms with van der Waals surface area (Å²) in [6.45, 7) is 9.18. The van der Waals surface area contributed by atoms with Gasteiger partial charge in [-0.1, -0.05) is 11.6 Å². The van der Waals surface area contributed by atoms with Gasteiger partial charge in [-0.3, -0.25) is 5.32 Å². The number of anilines is 1. The first kappa shape index (κ1) is 13.8. The van der Waals surface area contributed by atoms with Gasteiger partial charge in [-0.05, 0) is 51.8 Å². The molecule has 94 valence electrons. The smallest absolute Gasteiger partial charge is 0.413 e. The number of amides is 1. The number of ether oxygens (including phenoxy) is 1. The van der Waals surface area contributed by atoms with Crippen molar-refractivity contribution in [2.24, 2.45) is 0 Å². The normalized spacial score (nSPS) is 11.2. The van der Waals surface area contributed by atoms with E-state index >= 15 is 0 Å². The Morgan fingerprint density at radius 2 is 2.00 bits per heavy atom. The van der Waals surface area contributed by atoms with Crippen molar-refractivity contribution in [3.05, 3.63) is 22.3 Å². The van der Waals surface area contributed by atoms with Crippen molar-refractivity contribution in [3.63, 3.8) is 0 Å². The van der Waals surface area contributed by atoms with Gasteiger partial charge in [0.1, 0.15) is 16.6 Å². The zero-order chi connectivity index (χ0) is 13.2. The summed E-state index contributed by atoms with van der Waals surface area (Å²) in [6, 6.07) is 1.76. The second-order valence-electron chi connectivity index (χ2n) is 4.87. The Balaban J connectivity index is 2.79. The minimum Gasteiger partial charge on any atom is -0.444 e. The molecule has 1 rings (SSSR count). The van der Waals surface area contributed by atoms with Gasteiger partial charge in [0.25, 0.3) is 0 Å². The molecule has 0 bridgehead atoms. The van der Waals surface area contributed by atoms with Crippen molar-refractivity contribution in [3.8, 4) is 0 Å². The maximum absolute atomic E-state index is 11.5. The lowest BCUT2D eigenvalue weighted by Gasteiger charge is -2.19. The van der Waals surface area contributed by atoms with Crippen LogP contribution in [0.2, 0.25) is 5.15 Å². The van der Waals surface area contributed by atoms with E-state index in [4.69, 9.17) is 16.3 Å². The molecular weight excluding hydrogens is 240 g/mol. The second kappa shape index (κ2) is 4.92. The number of hydrogen-bond donors (Lipinski definition) is 1. The van der Waals surface area contributed by atoms with Gasteiger partial charge in [-0.25, -0.2) is 9.78 Å². The fourth-order valence-corrected chi connectivity index (χ4v) is 1.41. The van der Waals surface area contributed by atoms with Crippen molar-refractivity contribution >= 4 is 23.5 Å². The molecule has 1 amide bonds. The minimum atomic E-state index is -0.538. The first-order valence-corrected chi connectivity index (χ1v) is 5.70. The van der Waals surface area contributed by atoms with Crippen LogP contribution in [-0.2, 0) is 4.74 Å². The van der Waals surface area contributed by atoms with E-state index in [0.717, 1.165) is 11.1 Å². The van der Waals surface area contributed by atoms with Crippen LogP contribution in [0.1, 0.15) is 31.9 Å². The zero-order valence-electron chi connectivity index (χ0n) is 10.7. The van der Waals surface area contributed by atoms with Crippen LogP contribution in [0, 0.1) is 13.8 Å². The van der Waals surface area contributed by atoms with E-state index in [2.05, 4.69) is 10.3 Å². The van der Waals surface area contributed by atoms with Crippen LogP contribution in [0.15, 0.2) is 6.07 Å². The van der Waals surface area contributed by atoms with Crippen LogP contribution >= 0.6 is 11.6 Å². The highest BCUT2D eigenvalue weighted by Crippen LogP contribution is 2.20. The van der Waals surface area contributed by atoms with Gasteiger partial charge in [0.2, 0.25) is 0 Å². The lowest BCUT2D eigenvalue weighted by atomic mass is 10.2. The first-order chi connectivity index (χ1) is 7.69. The number of nitrogens with one attached hydrogen (secondary N) is 1. The number of carbonyl (C=O) groups is 1. The predicted molar refractivity (Wildman–Crippen MR) is 68.6 cm³/mol. The summed E-state index contributed by atoms with van der Waals surface area (Å²) in [5.74, 6) is 0.396. The van der Waals surface area contributed by atoms with E-state index in [9.17, 15) is 4.79 Å². The van der Waals surface area contributed by atoms with E-state index in [1.807, 2.05) is 13.8 Å². The third-order valence-corrected chi connectivity index (χ3v) is 2.47. The molecule has 17 heavy (non-hydrogen) atoms. The standard InChI is InChI=1S/C12H17ClN2O2/c1-7-6-9(14-10(13)8(7)2)15-11(16)17-12(3,4)5/h6H,1-5H3,(H,14,15,16). The predicted octanol–water partition coefficient (Wildman–Crippen LogP) is 3.70.